The molecule has 0 radical (unpaired) electrons. The minimum absolute atomic E-state index is 0.0709. The molecule has 1 aliphatic rings. The quantitative estimate of drug-likeness (QED) is 0.224. The van der Waals surface area contributed by atoms with E-state index in [0.29, 0.717) is 25.1 Å². The zero-order chi connectivity index (χ0) is 28.2. The van der Waals surface area contributed by atoms with Crippen LogP contribution in [0.5, 0.6) is 0 Å². The largest absolute Gasteiger partial charge is 0.382 e. The topological polar surface area (TPSA) is 150 Å². The number of aromatic nitrogens is 1. The number of carbonyl (C=O) groups is 2. The molecule has 4 rings (SSSR count). The third-order valence-electron chi connectivity index (χ3n) is 7.04. The maximum atomic E-state index is 14.1. The lowest BCUT2D eigenvalue weighted by molar-refractivity contribution is -0.140. The van der Waals surface area contributed by atoms with E-state index in [-0.39, 0.29) is 18.3 Å². The van der Waals surface area contributed by atoms with Crippen LogP contribution in [0, 0.1) is 5.41 Å². The standard InChI is InChI=1S/C28H34N6O4S/c1-33-21(15-16-22(33)26(29)30)18-31-27(35)23-14-9-17-34(23)28(36)25(32-39(2,37)38)24(19-10-5-3-6-11-19)20-12-7-4-8-13-20/h3-8,10-13,15-16,23-25,32H,9,14,17-18H2,1-2H3,(H3,29,30)(H,31,35). The van der Waals surface area contributed by atoms with Gasteiger partial charge in [-0.05, 0) is 36.1 Å². The predicted molar refractivity (Wildman–Crippen MR) is 150 cm³/mol. The van der Waals surface area contributed by atoms with Gasteiger partial charge in [-0.2, -0.15) is 0 Å². The Hall–Kier alpha value is -3.96. The van der Waals surface area contributed by atoms with Gasteiger partial charge in [0.15, 0.2) is 0 Å². The lowest BCUT2D eigenvalue weighted by atomic mass is 9.84. The van der Waals surface area contributed by atoms with Crippen LogP contribution in [0.2, 0.25) is 0 Å². The molecule has 2 aromatic carbocycles. The van der Waals surface area contributed by atoms with Crippen LogP contribution < -0.4 is 15.8 Å². The fourth-order valence-electron chi connectivity index (χ4n) is 5.17. The molecular formula is C28H34N6O4S. The Bertz CT molecular complexity index is 1400. The van der Waals surface area contributed by atoms with Crippen molar-refractivity contribution in [2.45, 2.75) is 37.4 Å². The molecule has 1 fully saturated rings. The smallest absolute Gasteiger partial charge is 0.243 e. The molecule has 2 atom stereocenters. The lowest BCUT2D eigenvalue weighted by Crippen LogP contribution is -2.55. The number of hydrogen-bond acceptors (Lipinski definition) is 5. The number of amidine groups is 1. The third-order valence-corrected chi connectivity index (χ3v) is 7.72. The molecular weight excluding hydrogens is 516 g/mol. The van der Waals surface area contributed by atoms with Gasteiger partial charge in [0.1, 0.15) is 17.9 Å². The molecule has 1 aliphatic heterocycles. The average Bonchev–Trinajstić information content (AvgIpc) is 3.54. The van der Waals surface area contributed by atoms with Crippen LogP contribution in [0.3, 0.4) is 0 Å². The molecule has 39 heavy (non-hydrogen) atoms. The highest BCUT2D eigenvalue weighted by atomic mass is 32.2. The van der Waals surface area contributed by atoms with Gasteiger partial charge in [0, 0.05) is 25.2 Å². The van der Waals surface area contributed by atoms with Gasteiger partial charge < -0.3 is 20.5 Å². The van der Waals surface area contributed by atoms with Crippen molar-refractivity contribution in [2.24, 2.45) is 12.8 Å². The Balaban J connectivity index is 1.61. The van der Waals surface area contributed by atoms with Gasteiger partial charge >= 0.3 is 0 Å². The van der Waals surface area contributed by atoms with Crippen molar-refractivity contribution in [1.29, 1.82) is 5.41 Å². The van der Waals surface area contributed by atoms with E-state index in [1.165, 1.54) is 4.90 Å². The summed E-state index contributed by atoms with van der Waals surface area (Å²) in [6, 6.07) is 20.2. The summed E-state index contributed by atoms with van der Waals surface area (Å²) in [6.07, 6.45) is 2.12. The summed E-state index contributed by atoms with van der Waals surface area (Å²) in [5.74, 6) is -1.44. The number of hydrogen-bond donors (Lipinski definition) is 4. The van der Waals surface area contributed by atoms with E-state index in [4.69, 9.17) is 11.1 Å². The summed E-state index contributed by atoms with van der Waals surface area (Å²) in [5, 5.41) is 10.5. The van der Waals surface area contributed by atoms with Crippen LogP contribution in [0.1, 0.15) is 41.3 Å². The first-order chi connectivity index (χ1) is 18.6. The van der Waals surface area contributed by atoms with Crippen molar-refractivity contribution in [1.82, 2.24) is 19.5 Å². The fourth-order valence-corrected chi connectivity index (χ4v) is 5.87. The first-order valence-corrected chi connectivity index (χ1v) is 14.6. The normalized spacial score (nSPS) is 16.3. The number of nitrogen functional groups attached to an aromatic ring is 1. The van der Waals surface area contributed by atoms with E-state index in [1.54, 1.807) is 23.7 Å². The first-order valence-electron chi connectivity index (χ1n) is 12.7. The highest BCUT2D eigenvalue weighted by molar-refractivity contribution is 7.88. The minimum atomic E-state index is -3.78. The fraction of sp³-hybridized carbons (Fsp3) is 0.321. The number of nitrogens with zero attached hydrogens (tertiary/aromatic N) is 2. The maximum absolute atomic E-state index is 14.1. The van der Waals surface area contributed by atoms with Gasteiger partial charge in [-0.25, -0.2) is 13.1 Å². The van der Waals surface area contributed by atoms with E-state index in [2.05, 4.69) is 10.0 Å². The molecule has 11 heteroatoms. The number of likely N-dealkylation sites (tertiary alicyclic amines) is 1. The molecule has 0 aliphatic carbocycles. The number of sulfonamides is 1. The van der Waals surface area contributed by atoms with Crippen molar-refractivity contribution in [2.75, 3.05) is 12.8 Å². The minimum Gasteiger partial charge on any atom is -0.382 e. The Morgan fingerprint density at radius 1 is 1.03 bits per heavy atom. The molecule has 1 aromatic heterocycles. The van der Waals surface area contributed by atoms with Crippen LogP contribution >= 0.6 is 0 Å². The Morgan fingerprint density at radius 2 is 1.62 bits per heavy atom. The van der Waals surface area contributed by atoms with Gasteiger partial charge in [-0.15, -0.1) is 0 Å². The number of carbonyl (C=O) groups excluding carboxylic acids is 2. The zero-order valence-electron chi connectivity index (χ0n) is 22.0. The van der Waals surface area contributed by atoms with Crippen LogP contribution in [-0.2, 0) is 33.2 Å². The van der Waals surface area contributed by atoms with Crippen LogP contribution in [0.15, 0.2) is 72.8 Å². The summed E-state index contributed by atoms with van der Waals surface area (Å²) >= 11 is 0. The molecule has 0 saturated carbocycles. The van der Waals surface area contributed by atoms with E-state index in [0.717, 1.165) is 23.1 Å². The van der Waals surface area contributed by atoms with Gasteiger partial charge in [0.05, 0.1) is 18.5 Å². The average molecular weight is 551 g/mol. The maximum Gasteiger partial charge on any atom is 0.243 e. The van der Waals surface area contributed by atoms with Gasteiger partial charge in [0.25, 0.3) is 0 Å². The molecule has 2 amide bonds. The van der Waals surface area contributed by atoms with Gasteiger partial charge in [0.2, 0.25) is 21.8 Å². The van der Waals surface area contributed by atoms with E-state index < -0.39 is 33.9 Å². The molecule has 0 bridgehead atoms. The molecule has 1 saturated heterocycles. The summed E-state index contributed by atoms with van der Waals surface area (Å²) in [5.41, 5.74) is 8.46. The number of nitrogens with two attached hydrogens (primary N) is 1. The summed E-state index contributed by atoms with van der Waals surface area (Å²) < 4.78 is 29.3. The Kier molecular flexibility index (Phi) is 8.51. The third kappa shape index (κ3) is 6.55. The highest BCUT2D eigenvalue weighted by Crippen LogP contribution is 2.31. The molecule has 0 spiro atoms. The number of benzene rings is 2. The van der Waals surface area contributed by atoms with Crippen LogP contribution in [0.4, 0.5) is 0 Å². The second kappa shape index (κ2) is 11.8. The summed E-state index contributed by atoms with van der Waals surface area (Å²) in [6.45, 7) is 0.538. The van der Waals surface area contributed by atoms with Crippen molar-refractivity contribution in [3.8, 4) is 0 Å². The van der Waals surface area contributed by atoms with E-state index in [1.807, 2.05) is 60.7 Å². The monoisotopic (exact) mass is 550 g/mol. The molecule has 2 unspecified atom stereocenters. The molecule has 2 heterocycles. The number of nitrogens with one attached hydrogen (secondary N) is 3. The first kappa shape index (κ1) is 28.1. The molecule has 10 nitrogen and oxygen atoms in total. The molecule has 206 valence electrons. The zero-order valence-corrected chi connectivity index (χ0v) is 22.8. The second-order valence-corrected chi connectivity index (χ2v) is 11.5. The van der Waals surface area contributed by atoms with Gasteiger partial charge in [-0.3, -0.25) is 15.0 Å². The van der Waals surface area contributed by atoms with Gasteiger partial charge in [-0.1, -0.05) is 60.7 Å². The molecule has 5 N–H and O–H groups in total. The lowest BCUT2D eigenvalue weighted by Gasteiger charge is -2.33. The SMILES string of the molecule is Cn1c(CNC(=O)C2CCCN2C(=O)C(NS(C)(=O)=O)C(c2ccccc2)c2ccccc2)ccc1C(=N)N. The predicted octanol–water partition coefficient (Wildman–Crippen LogP) is 1.67. The Morgan fingerprint density at radius 3 is 2.13 bits per heavy atom. The van der Waals surface area contributed by atoms with Crippen molar-refractivity contribution in [3.63, 3.8) is 0 Å². The second-order valence-electron chi connectivity index (χ2n) is 9.76. The van der Waals surface area contributed by atoms with Crippen LogP contribution in [0.25, 0.3) is 0 Å². The van der Waals surface area contributed by atoms with E-state index >= 15 is 0 Å². The summed E-state index contributed by atoms with van der Waals surface area (Å²) in [7, 11) is -2.02. The number of amides is 2. The molecule has 3 aromatic rings. The van der Waals surface area contributed by atoms with E-state index in [9.17, 15) is 18.0 Å². The van der Waals surface area contributed by atoms with Crippen molar-refractivity contribution < 1.29 is 18.0 Å². The summed E-state index contributed by atoms with van der Waals surface area (Å²) in [4.78, 5) is 28.9. The Labute approximate surface area is 228 Å². The van der Waals surface area contributed by atoms with Crippen molar-refractivity contribution >= 4 is 27.7 Å². The highest BCUT2D eigenvalue weighted by Gasteiger charge is 2.41. The van der Waals surface area contributed by atoms with Crippen LogP contribution in [-0.4, -0.2) is 60.4 Å². The van der Waals surface area contributed by atoms with Crippen molar-refractivity contribution in [3.05, 3.63) is 95.3 Å². The number of rotatable bonds is 10.